The highest BCUT2D eigenvalue weighted by Crippen LogP contribution is 2.51. The summed E-state index contributed by atoms with van der Waals surface area (Å²) in [5.41, 5.74) is 11.1. The van der Waals surface area contributed by atoms with Gasteiger partial charge in [-0.2, -0.15) is 0 Å². The Morgan fingerprint density at radius 1 is 0.532 bits per heavy atom. The monoisotopic (exact) mass is 619 g/mol. The molecule has 0 saturated heterocycles. The first-order valence-electron chi connectivity index (χ1n) is 16.1. The molecular weight excluding hydrogens is 591 g/mol. The molecule has 3 heterocycles. The predicted octanol–water partition coefficient (Wildman–Crippen LogP) is 11.6. The van der Waals surface area contributed by atoms with Crippen molar-refractivity contribution in [2.24, 2.45) is 0 Å². The van der Waals surface area contributed by atoms with Crippen LogP contribution in [0.15, 0.2) is 140 Å². The van der Waals surface area contributed by atoms with Crippen molar-refractivity contribution in [2.45, 2.75) is 19.3 Å². The number of hydrogen-bond acceptors (Lipinski definition) is 3. The van der Waals surface area contributed by atoms with Crippen LogP contribution in [0.4, 0.5) is 0 Å². The van der Waals surface area contributed by atoms with Crippen molar-refractivity contribution in [1.82, 2.24) is 14.5 Å². The molecule has 3 aromatic heterocycles. The Morgan fingerprint density at radius 3 is 2.15 bits per heavy atom. The highest BCUT2D eigenvalue weighted by atomic mass is 32.1. The fourth-order valence-electron chi connectivity index (χ4n) is 7.80. The Labute approximate surface area is 276 Å². The number of nitrogens with zero attached hydrogens (tertiary/aromatic N) is 3. The molecule has 0 N–H and O–H groups in total. The van der Waals surface area contributed by atoms with Gasteiger partial charge in [-0.25, -0.2) is 9.97 Å². The predicted molar refractivity (Wildman–Crippen MR) is 198 cm³/mol. The Hall–Kier alpha value is -5.58. The highest BCUT2D eigenvalue weighted by Gasteiger charge is 2.39. The van der Waals surface area contributed by atoms with Crippen molar-refractivity contribution in [3.63, 3.8) is 0 Å². The van der Waals surface area contributed by atoms with Gasteiger partial charge in [0.05, 0.1) is 22.4 Å². The first kappa shape index (κ1) is 26.6. The van der Waals surface area contributed by atoms with Gasteiger partial charge in [-0.05, 0) is 42.0 Å². The van der Waals surface area contributed by atoms with E-state index in [0.29, 0.717) is 0 Å². The normalized spacial score (nSPS) is 13.5. The Morgan fingerprint density at radius 2 is 1.26 bits per heavy atom. The van der Waals surface area contributed by atoms with Gasteiger partial charge in [0.2, 0.25) is 0 Å². The van der Waals surface area contributed by atoms with Crippen LogP contribution < -0.4 is 0 Å². The SMILES string of the molecule is CC1(C)c2ccccc2-c2nc(-c3cccc(-n4c5ccccc5c5cc6sc7ccccc7c6cc54)c3)nc(-c3ccccc3)c21. The summed E-state index contributed by atoms with van der Waals surface area (Å²) in [5, 5.41) is 5.13. The van der Waals surface area contributed by atoms with Gasteiger partial charge in [-0.15, -0.1) is 11.3 Å². The van der Waals surface area contributed by atoms with Crippen LogP contribution in [0.2, 0.25) is 0 Å². The second-order valence-electron chi connectivity index (χ2n) is 13.0. The quantitative estimate of drug-likeness (QED) is 0.197. The first-order valence-corrected chi connectivity index (χ1v) is 16.9. The lowest BCUT2D eigenvalue weighted by atomic mass is 9.81. The van der Waals surface area contributed by atoms with E-state index < -0.39 is 0 Å². The van der Waals surface area contributed by atoms with E-state index >= 15 is 0 Å². The molecule has 0 fully saturated rings. The molecule has 6 aromatic carbocycles. The fraction of sp³-hybridized carbons (Fsp3) is 0.0698. The molecule has 47 heavy (non-hydrogen) atoms. The van der Waals surface area contributed by atoms with Gasteiger partial charge in [0.1, 0.15) is 0 Å². The van der Waals surface area contributed by atoms with Crippen LogP contribution in [0, 0.1) is 0 Å². The maximum Gasteiger partial charge on any atom is 0.160 e. The second-order valence-corrected chi connectivity index (χ2v) is 14.1. The molecule has 0 saturated carbocycles. The summed E-state index contributed by atoms with van der Waals surface area (Å²) in [4.78, 5) is 10.7. The summed E-state index contributed by atoms with van der Waals surface area (Å²) in [7, 11) is 0. The second kappa shape index (κ2) is 9.71. The lowest BCUT2D eigenvalue weighted by molar-refractivity contribution is 0.658. The number of aromatic nitrogens is 3. The van der Waals surface area contributed by atoms with E-state index in [4.69, 9.17) is 9.97 Å². The summed E-state index contributed by atoms with van der Waals surface area (Å²) >= 11 is 1.87. The average molecular weight is 620 g/mol. The van der Waals surface area contributed by atoms with E-state index in [1.165, 1.54) is 58.7 Å². The minimum Gasteiger partial charge on any atom is -0.309 e. The van der Waals surface area contributed by atoms with Crippen LogP contribution in [0.5, 0.6) is 0 Å². The van der Waals surface area contributed by atoms with Crippen LogP contribution in [0.3, 0.4) is 0 Å². The van der Waals surface area contributed by atoms with Gasteiger partial charge < -0.3 is 4.57 Å². The van der Waals surface area contributed by atoms with Gasteiger partial charge in [0.15, 0.2) is 5.82 Å². The molecule has 0 spiro atoms. The summed E-state index contributed by atoms with van der Waals surface area (Å²) in [6, 6.07) is 50.2. The largest absolute Gasteiger partial charge is 0.309 e. The molecule has 10 rings (SSSR count). The summed E-state index contributed by atoms with van der Waals surface area (Å²) < 4.78 is 5.04. The molecule has 0 bridgehead atoms. The van der Waals surface area contributed by atoms with Crippen molar-refractivity contribution in [3.8, 4) is 39.6 Å². The molecule has 9 aromatic rings. The van der Waals surface area contributed by atoms with Gasteiger partial charge >= 0.3 is 0 Å². The minimum absolute atomic E-state index is 0.211. The summed E-state index contributed by atoms with van der Waals surface area (Å²) in [6.45, 7) is 4.59. The minimum atomic E-state index is -0.211. The third-order valence-corrected chi connectivity index (χ3v) is 11.1. The van der Waals surface area contributed by atoms with Crippen LogP contribution in [0.1, 0.15) is 25.0 Å². The summed E-state index contributed by atoms with van der Waals surface area (Å²) in [5.74, 6) is 0.740. The molecule has 1 aliphatic carbocycles. The van der Waals surface area contributed by atoms with E-state index in [1.807, 2.05) is 11.3 Å². The molecule has 0 amide bonds. The van der Waals surface area contributed by atoms with Crippen LogP contribution in [-0.2, 0) is 5.41 Å². The maximum atomic E-state index is 5.36. The molecule has 222 valence electrons. The van der Waals surface area contributed by atoms with E-state index in [1.54, 1.807) is 0 Å². The number of para-hydroxylation sites is 1. The van der Waals surface area contributed by atoms with Crippen molar-refractivity contribution < 1.29 is 0 Å². The van der Waals surface area contributed by atoms with Crippen LogP contribution in [0.25, 0.3) is 81.6 Å². The number of fused-ring (bicyclic) bond motifs is 9. The van der Waals surface area contributed by atoms with E-state index in [0.717, 1.165) is 34.0 Å². The average Bonchev–Trinajstić information content (AvgIpc) is 3.72. The van der Waals surface area contributed by atoms with Gasteiger partial charge in [0, 0.05) is 64.3 Å². The zero-order chi connectivity index (χ0) is 31.3. The number of thiophene rings is 1. The molecular formula is C43H29N3S. The van der Waals surface area contributed by atoms with E-state index in [2.05, 4.69) is 158 Å². The van der Waals surface area contributed by atoms with Crippen molar-refractivity contribution >= 4 is 53.3 Å². The van der Waals surface area contributed by atoms with E-state index in [-0.39, 0.29) is 5.41 Å². The molecule has 3 nitrogen and oxygen atoms in total. The fourth-order valence-corrected chi connectivity index (χ4v) is 8.93. The smallest absolute Gasteiger partial charge is 0.160 e. The molecule has 4 heteroatoms. The standard InChI is InChI=1S/C43H29N3S/c1-43(2)34-20-9-6-19-31(34)41-39(43)40(26-13-4-3-5-14-26)44-42(45-41)27-15-12-16-28(23-27)46-35-21-10-7-17-29(35)32-25-38-33(24-36(32)46)30-18-8-11-22-37(30)47-38/h3-25H,1-2H3. The molecule has 0 unspecified atom stereocenters. The number of rotatable bonds is 3. The van der Waals surface area contributed by atoms with Gasteiger partial charge in [0.25, 0.3) is 0 Å². The zero-order valence-corrected chi connectivity index (χ0v) is 26.8. The first-order chi connectivity index (χ1) is 23.1. The van der Waals surface area contributed by atoms with Crippen molar-refractivity contribution in [2.75, 3.05) is 0 Å². The molecule has 1 aliphatic rings. The van der Waals surface area contributed by atoms with Crippen LogP contribution in [-0.4, -0.2) is 14.5 Å². The Kier molecular flexibility index (Phi) is 5.50. The van der Waals surface area contributed by atoms with E-state index in [9.17, 15) is 0 Å². The zero-order valence-electron chi connectivity index (χ0n) is 26.0. The van der Waals surface area contributed by atoms with Crippen molar-refractivity contribution in [3.05, 3.63) is 151 Å². The summed E-state index contributed by atoms with van der Waals surface area (Å²) in [6.07, 6.45) is 0. The maximum absolute atomic E-state index is 5.36. The third-order valence-electron chi connectivity index (χ3n) is 9.97. The number of hydrogen-bond donors (Lipinski definition) is 0. The molecule has 0 atom stereocenters. The molecule has 0 radical (unpaired) electrons. The lowest BCUT2D eigenvalue weighted by Gasteiger charge is -2.23. The lowest BCUT2D eigenvalue weighted by Crippen LogP contribution is -2.17. The Bertz CT molecular complexity index is 2710. The van der Waals surface area contributed by atoms with Gasteiger partial charge in [-0.1, -0.05) is 117 Å². The molecule has 0 aliphatic heterocycles. The van der Waals surface area contributed by atoms with Crippen molar-refractivity contribution in [1.29, 1.82) is 0 Å². The van der Waals surface area contributed by atoms with Crippen LogP contribution >= 0.6 is 11.3 Å². The Balaban J connectivity index is 1.23. The highest BCUT2D eigenvalue weighted by molar-refractivity contribution is 7.25. The number of benzene rings is 6. The third kappa shape index (κ3) is 3.79. The van der Waals surface area contributed by atoms with Gasteiger partial charge in [-0.3, -0.25) is 0 Å². The topological polar surface area (TPSA) is 30.7 Å².